The normalized spacial score (nSPS) is 17.8. The first-order valence-corrected chi connectivity index (χ1v) is 8.18. The van der Waals surface area contributed by atoms with Crippen LogP contribution in [0, 0.1) is 12.8 Å². The maximum atomic E-state index is 6.39. The summed E-state index contributed by atoms with van der Waals surface area (Å²) in [5.74, 6) is 0.833. The van der Waals surface area contributed by atoms with Gasteiger partial charge in [-0.05, 0) is 58.8 Å². The van der Waals surface area contributed by atoms with Gasteiger partial charge in [-0.25, -0.2) is 0 Å². The molecule has 0 unspecified atom stereocenters. The fraction of sp³-hybridized carbons (Fsp3) is 0.800. The molecule has 1 aliphatic rings. The van der Waals surface area contributed by atoms with Crippen molar-refractivity contribution in [3.8, 4) is 0 Å². The van der Waals surface area contributed by atoms with Gasteiger partial charge in [-0.3, -0.25) is 9.58 Å². The van der Waals surface area contributed by atoms with Crippen LogP contribution in [0.2, 0.25) is 5.02 Å². The minimum atomic E-state index is 0.833. The molecule has 1 saturated heterocycles. The molecule has 0 atom stereocenters. The first kappa shape index (κ1) is 15.8. The summed E-state index contributed by atoms with van der Waals surface area (Å²) in [6.07, 6.45) is 2.56. The molecule has 0 amide bonds. The summed E-state index contributed by atoms with van der Waals surface area (Å²) in [6, 6.07) is 0. The van der Waals surface area contributed by atoms with Gasteiger partial charge in [-0.2, -0.15) is 5.10 Å². The third-order valence-electron chi connectivity index (χ3n) is 4.22. The van der Waals surface area contributed by atoms with Crippen LogP contribution in [0.1, 0.15) is 38.1 Å². The summed E-state index contributed by atoms with van der Waals surface area (Å²) in [7, 11) is 0. The maximum absolute atomic E-state index is 6.39. The van der Waals surface area contributed by atoms with Crippen LogP contribution >= 0.6 is 11.6 Å². The van der Waals surface area contributed by atoms with Crippen molar-refractivity contribution in [2.75, 3.05) is 26.2 Å². The number of likely N-dealkylation sites (tertiary alicyclic amines) is 1. The number of piperidine rings is 1. The van der Waals surface area contributed by atoms with E-state index in [1.165, 1.54) is 31.6 Å². The summed E-state index contributed by atoms with van der Waals surface area (Å²) in [4.78, 5) is 2.51. The predicted molar refractivity (Wildman–Crippen MR) is 84.2 cm³/mol. The third kappa shape index (κ3) is 3.74. The number of rotatable bonds is 6. The number of nitrogens with zero attached hydrogens (tertiary/aromatic N) is 3. The fourth-order valence-electron chi connectivity index (χ4n) is 2.93. The molecule has 114 valence electrons. The van der Waals surface area contributed by atoms with Gasteiger partial charge in [0.2, 0.25) is 0 Å². The predicted octanol–water partition coefficient (Wildman–Crippen LogP) is 2.69. The lowest BCUT2D eigenvalue weighted by atomic mass is 9.96. The second-order valence-electron chi connectivity index (χ2n) is 5.69. The zero-order chi connectivity index (χ0) is 14.5. The van der Waals surface area contributed by atoms with Crippen LogP contribution in [0.4, 0.5) is 0 Å². The molecule has 20 heavy (non-hydrogen) atoms. The van der Waals surface area contributed by atoms with E-state index in [0.29, 0.717) is 0 Å². The Balaban J connectivity index is 1.89. The number of hydrogen-bond donors (Lipinski definition) is 1. The molecule has 1 N–H and O–H groups in total. The van der Waals surface area contributed by atoms with Gasteiger partial charge < -0.3 is 5.32 Å². The van der Waals surface area contributed by atoms with Gasteiger partial charge >= 0.3 is 0 Å². The summed E-state index contributed by atoms with van der Waals surface area (Å²) in [5, 5.41) is 8.81. The fourth-order valence-corrected chi connectivity index (χ4v) is 3.12. The summed E-state index contributed by atoms with van der Waals surface area (Å²) >= 11 is 6.39. The van der Waals surface area contributed by atoms with Gasteiger partial charge in [0.1, 0.15) is 0 Å². The topological polar surface area (TPSA) is 33.1 Å². The Morgan fingerprint density at radius 3 is 2.60 bits per heavy atom. The Morgan fingerprint density at radius 1 is 1.30 bits per heavy atom. The molecule has 0 aromatic carbocycles. The van der Waals surface area contributed by atoms with Crippen molar-refractivity contribution >= 4 is 11.6 Å². The Kier molecular flexibility index (Phi) is 5.87. The molecule has 4 nitrogen and oxygen atoms in total. The van der Waals surface area contributed by atoms with Crippen LogP contribution in [-0.2, 0) is 13.1 Å². The highest BCUT2D eigenvalue weighted by molar-refractivity contribution is 6.31. The van der Waals surface area contributed by atoms with Gasteiger partial charge in [-0.15, -0.1) is 0 Å². The highest BCUT2D eigenvalue weighted by atomic mass is 35.5. The zero-order valence-electron chi connectivity index (χ0n) is 13.0. The van der Waals surface area contributed by atoms with Crippen LogP contribution in [0.25, 0.3) is 0 Å². The van der Waals surface area contributed by atoms with E-state index in [9.17, 15) is 0 Å². The largest absolute Gasteiger partial charge is 0.317 e. The van der Waals surface area contributed by atoms with Crippen LogP contribution in [0.5, 0.6) is 0 Å². The van der Waals surface area contributed by atoms with Crippen LogP contribution in [-0.4, -0.2) is 40.9 Å². The molecule has 0 aliphatic carbocycles. The van der Waals surface area contributed by atoms with Crippen molar-refractivity contribution in [3.63, 3.8) is 0 Å². The molecule has 0 radical (unpaired) electrons. The Morgan fingerprint density at radius 2 is 2.00 bits per heavy atom. The zero-order valence-corrected chi connectivity index (χ0v) is 13.7. The average Bonchev–Trinajstić information content (AvgIpc) is 2.74. The standard InChI is InChI=1S/C15H27ClN4/c1-4-17-10-13-6-8-19(9-7-13)11-14-15(16)12(3)18-20(14)5-2/h13,17H,4-11H2,1-3H3. The van der Waals surface area contributed by atoms with E-state index in [1.54, 1.807) is 0 Å². The number of nitrogens with one attached hydrogen (secondary N) is 1. The van der Waals surface area contributed by atoms with Crippen molar-refractivity contribution < 1.29 is 0 Å². The molecule has 1 fully saturated rings. The van der Waals surface area contributed by atoms with E-state index < -0.39 is 0 Å². The highest BCUT2D eigenvalue weighted by Crippen LogP contribution is 2.24. The van der Waals surface area contributed by atoms with Crippen LogP contribution in [0.3, 0.4) is 0 Å². The monoisotopic (exact) mass is 298 g/mol. The first-order valence-electron chi connectivity index (χ1n) is 7.80. The minimum absolute atomic E-state index is 0.833. The molecular formula is C15H27ClN4. The third-order valence-corrected chi connectivity index (χ3v) is 4.71. The van der Waals surface area contributed by atoms with E-state index in [-0.39, 0.29) is 0 Å². The van der Waals surface area contributed by atoms with E-state index >= 15 is 0 Å². The maximum Gasteiger partial charge on any atom is 0.0860 e. The number of aromatic nitrogens is 2. The molecule has 0 bridgehead atoms. The molecule has 1 aliphatic heterocycles. The van der Waals surface area contributed by atoms with Crippen molar-refractivity contribution in [3.05, 3.63) is 16.4 Å². The molecule has 5 heteroatoms. The number of aryl methyl sites for hydroxylation is 2. The molecule has 2 heterocycles. The minimum Gasteiger partial charge on any atom is -0.317 e. The van der Waals surface area contributed by atoms with Gasteiger partial charge in [-0.1, -0.05) is 18.5 Å². The quantitative estimate of drug-likeness (QED) is 0.876. The lowest BCUT2D eigenvalue weighted by molar-refractivity contribution is 0.172. The second-order valence-corrected chi connectivity index (χ2v) is 6.07. The lowest BCUT2D eigenvalue weighted by Gasteiger charge is -2.32. The Bertz CT molecular complexity index is 422. The van der Waals surface area contributed by atoms with Crippen LogP contribution in [0.15, 0.2) is 0 Å². The summed E-state index contributed by atoms with van der Waals surface area (Å²) in [5.41, 5.74) is 2.13. The summed E-state index contributed by atoms with van der Waals surface area (Å²) < 4.78 is 2.04. The molecule has 0 saturated carbocycles. The van der Waals surface area contributed by atoms with Crippen molar-refractivity contribution in [1.29, 1.82) is 0 Å². The average molecular weight is 299 g/mol. The smallest absolute Gasteiger partial charge is 0.0860 e. The van der Waals surface area contributed by atoms with Crippen molar-refractivity contribution in [2.45, 2.75) is 46.7 Å². The van der Waals surface area contributed by atoms with Crippen molar-refractivity contribution in [2.24, 2.45) is 5.92 Å². The first-order chi connectivity index (χ1) is 9.65. The molecule has 0 spiro atoms. The lowest BCUT2D eigenvalue weighted by Crippen LogP contribution is -2.37. The molecular weight excluding hydrogens is 272 g/mol. The molecule has 1 aromatic heterocycles. The Labute approximate surface area is 127 Å². The number of halogens is 1. The van der Waals surface area contributed by atoms with E-state index in [4.69, 9.17) is 11.6 Å². The molecule has 2 rings (SSSR count). The second kappa shape index (κ2) is 7.43. The van der Waals surface area contributed by atoms with Crippen LogP contribution < -0.4 is 5.32 Å². The van der Waals surface area contributed by atoms with E-state index in [2.05, 4.69) is 29.2 Å². The van der Waals surface area contributed by atoms with E-state index in [1.807, 2.05) is 11.6 Å². The Hall–Kier alpha value is -0.580. The van der Waals surface area contributed by atoms with E-state index in [0.717, 1.165) is 42.8 Å². The highest BCUT2D eigenvalue weighted by Gasteiger charge is 2.21. The van der Waals surface area contributed by atoms with Gasteiger partial charge in [0.15, 0.2) is 0 Å². The van der Waals surface area contributed by atoms with Gasteiger partial charge in [0.05, 0.1) is 16.4 Å². The van der Waals surface area contributed by atoms with Gasteiger partial charge in [0.25, 0.3) is 0 Å². The number of hydrogen-bond acceptors (Lipinski definition) is 3. The summed E-state index contributed by atoms with van der Waals surface area (Å²) in [6.45, 7) is 12.7. The van der Waals surface area contributed by atoms with Gasteiger partial charge in [0, 0.05) is 13.1 Å². The SMILES string of the molecule is CCNCC1CCN(Cc2c(Cl)c(C)nn2CC)CC1. The molecule has 1 aromatic rings. The van der Waals surface area contributed by atoms with Crippen molar-refractivity contribution in [1.82, 2.24) is 20.0 Å².